The average Bonchev–Trinajstić information content (AvgIpc) is 2.93. The molecule has 1 aromatic heterocycles. The van der Waals surface area contributed by atoms with Crippen LogP contribution in [-0.2, 0) is 17.6 Å². The fraction of sp³-hybridized carbons (Fsp3) is 0.400. The number of aliphatic carboxylic acids is 1. The van der Waals surface area contributed by atoms with Crippen LogP contribution in [0, 0.1) is 0 Å². The van der Waals surface area contributed by atoms with Crippen LogP contribution in [0.25, 0.3) is 0 Å². The molecule has 0 saturated heterocycles. The van der Waals surface area contributed by atoms with Crippen LogP contribution in [0.3, 0.4) is 0 Å². The number of rotatable bonds is 7. The van der Waals surface area contributed by atoms with E-state index in [0.717, 1.165) is 30.0 Å². The van der Waals surface area contributed by atoms with Gasteiger partial charge in [0.15, 0.2) is 0 Å². The van der Waals surface area contributed by atoms with Crippen LogP contribution in [0.2, 0.25) is 0 Å². The largest absolute Gasteiger partial charge is 0.497 e. The molecule has 6 heteroatoms. The SMILES string of the molecule is CCCc1nsc(C(Cc2cccc(OC)c2)C(=O)O)n1. The van der Waals surface area contributed by atoms with Crippen LogP contribution >= 0.6 is 11.5 Å². The van der Waals surface area contributed by atoms with Gasteiger partial charge in [0.25, 0.3) is 0 Å². The Kier molecular flexibility index (Phi) is 5.27. The average molecular weight is 306 g/mol. The van der Waals surface area contributed by atoms with Gasteiger partial charge in [0.2, 0.25) is 0 Å². The third-order valence-corrected chi connectivity index (χ3v) is 3.99. The molecule has 0 spiro atoms. The second-order valence-corrected chi connectivity index (χ2v) is 5.53. The second kappa shape index (κ2) is 7.17. The zero-order valence-electron chi connectivity index (χ0n) is 12.1. The molecule has 0 aliphatic heterocycles. The van der Waals surface area contributed by atoms with Crippen molar-refractivity contribution >= 4 is 17.5 Å². The van der Waals surface area contributed by atoms with Gasteiger partial charge in [-0.05, 0) is 42.1 Å². The Morgan fingerprint density at radius 1 is 1.48 bits per heavy atom. The molecule has 5 nitrogen and oxygen atoms in total. The first kappa shape index (κ1) is 15.4. The highest BCUT2D eigenvalue weighted by atomic mass is 32.1. The van der Waals surface area contributed by atoms with Crippen molar-refractivity contribution in [2.45, 2.75) is 32.1 Å². The van der Waals surface area contributed by atoms with Gasteiger partial charge in [0, 0.05) is 6.42 Å². The first-order chi connectivity index (χ1) is 10.1. The normalized spacial score (nSPS) is 12.1. The maximum atomic E-state index is 11.5. The molecule has 1 heterocycles. The van der Waals surface area contributed by atoms with E-state index >= 15 is 0 Å². The summed E-state index contributed by atoms with van der Waals surface area (Å²) in [6, 6.07) is 7.44. The Balaban J connectivity index is 2.20. The molecule has 1 atom stereocenters. The summed E-state index contributed by atoms with van der Waals surface area (Å²) in [6.45, 7) is 2.05. The van der Waals surface area contributed by atoms with Crippen molar-refractivity contribution in [1.82, 2.24) is 9.36 Å². The number of nitrogens with zero attached hydrogens (tertiary/aromatic N) is 2. The van der Waals surface area contributed by atoms with Crippen molar-refractivity contribution < 1.29 is 14.6 Å². The smallest absolute Gasteiger partial charge is 0.313 e. The molecule has 0 radical (unpaired) electrons. The Hall–Kier alpha value is -1.95. The number of carboxylic acid groups (broad SMARTS) is 1. The summed E-state index contributed by atoms with van der Waals surface area (Å²) in [4.78, 5) is 15.9. The lowest BCUT2D eigenvalue weighted by Gasteiger charge is -2.10. The standard InChI is InChI=1S/C15H18N2O3S/c1-3-5-13-16-14(21-17-13)12(15(18)19)9-10-6-4-7-11(8-10)20-2/h4,6-8,12H,3,5,9H2,1-2H3,(H,18,19). The lowest BCUT2D eigenvalue weighted by Crippen LogP contribution is -2.14. The summed E-state index contributed by atoms with van der Waals surface area (Å²) < 4.78 is 9.39. The van der Waals surface area contributed by atoms with Crippen molar-refractivity contribution in [3.05, 3.63) is 40.7 Å². The fourth-order valence-corrected chi connectivity index (χ4v) is 2.84. The number of carbonyl (C=O) groups is 1. The number of carboxylic acids is 1. The van der Waals surface area contributed by atoms with Crippen molar-refractivity contribution in [2.75, 3.05) is 7.11 Å². The predicted octanol–water partition coefficient (Wildman–Crippen LogP) is 2.91. The summed E-state index contributed by atoms with van der Waals surface area (Å²) in [5.41, 5.74) is 0.911. The van der Waals surface area contributed by atoms with Crippen LogP contribution in [0.1, 0.15) is 35.7 Å². The third kappa shape index (κ3) is 4.01. The molecule has 2 aromatic rings. The lowest BCUT2D eigenvalue weighted by molar-refractivity contribution is -0.138. The van der Waals surface area contributed by atoms with Gasteiger partial charge >= 0.3 is 5.97 Å². The van der Waals surface area contributed by atoms with Gasteiger partial charge in [-0.25, -0.2) is 4.98 Å². The monoisotopic (exact) mass is 306 g/mol. The maximum Gasteiger partial charge on any atom is 0.313 e. The first-order valence-corrected chi connectivity index (χ1v) is 7.59. The van der Waals surface area contributed by atoms with Crippen molar-refractivity contribution in [2.24, 2.45) is 0 Å². The van der Waals surface area contributed by atoms with Gasteiger partial charge < -0.3 is 9.84 Å². The van der Waals surface area contributed by atoms with E-state index in [1.165, 1.54) is 11.5 Å². The fourth-order valence-electron chi connectivity index (χ4n) is 2.05. The van der Waals surface area contributed by atoms with Gasteiger partial charge in [-0.3, -0.25) is 4.79 Å². The highest BCUT2D eigenvalue weighted by Crippen LogP contribution is 2.25. The Bertz CT molecular complexity index is 612. The van der Waals surface area contributed by atoms with Crippen molar-refractivity contribution in [1.29, 1.82) is 0 Å². The van der Waals surface area contributed by atoms with E-state index in [9.17, 15) is 9.90 Å². The molecule has 0 fully saturated rings. The Morgan fingerprint density at radius 2 is 2.29 bits per heavy atom. The minimum atomic E-state index is -0.878. The Morgan fingerprint density at radius 3 is 2.95 bits per heavy atom. The minimum absolute atomic E-state index is 0.382. The van der Waals surface area contributed by atoms with Gasteiger partial charge in [-0.1, -0.05) is 19.1 Å². The van der Waals surface area contributed by atoms with Crippen molar-refractivity contribution in [3.63, 3.8) is 0 Å². The number of aromatic nitrogens is 2. The van der Waals surface area contributed by atoms with Crippen LogP contribution in [0.4, 0.5) is 0 Å². The van der Waals surface area contributed by atoms with Crippen LogP contribution in [-0.4, -0.2) is 27.5 Å². The third-order valence-electron chi connectivity index (χ3n) is 3.13. The van der Waals surface area contributed by atoms with Gasteiger partial charge in [-0.15, -0.1) is 0 Å². The number of methoxy groups -OCH3 is 1. The van der Waals surface area contributed by atoms with Crippen LogP contribution in [0.15, 0.2) is 24.3 Å². The van der Waals surface area contributed by atoms with E-state index in [4.69, 9.17) is 4.74 Å². The van der Waals surface area contributed by atoms with E-state index in [-0.39, 0.29) is 0 Å². The van der Waals surface area contributed by atoms with E-state index < -0.39 is 11.9 Å². The zero-order valence-corrected chi connectivity index (χ0v) is 12.9. The lowest BCUT2D eigenvalue weighted by atomic mass is 10.00. The van der Waals surface area contributed by atoms with E-state index in [2.05, 4.69) is 9.36 Å². The molecular weight excluding hydrogens is 288 g/mol. The molecular formula is C15H18N2O3S. The molecule has 0 amide bonds. The van der Waals surface area contributed by atoms with Gasteiger partial charge in [0.1, 0.15) is 22.5 Å². The minimum Gasteiger partial charge on any atom is -0.497 e. The van der Waals surface area contributed by atoms with Crippen LogP contribution < -0.4 is 4.74 Å². The summed E-state index contributed by atoms with van der Waals surface area (Å²) in [5, 5.41) is 10.0. The quantitative estimate of drug-likeness (QED) is 0.851. The molecule has 1 aromatic carbocycles. The molecule has 112 valence electrons. The van der Waals surface area contributed by atoms with E-state index in [1.54, 1.807) is 7.11 Å². The highest BCUT2D eigenvalue weighted by Gasteiger charge is 2.24. The Labute approximate surface area is 127 Å². The van der Waals surface area contributed by atoms with E-state index in [1.807, 2.05) is 31.2 Å². The molecule has 1 N–H and O–H groups in total. The number of hydrogen-bond donors (Lipinski definition) is 1. The van der Waals surface area contributed by atoms with Crippen molar-refractivity contribution in [3.8, 4) is 5.75 Å². The summed E-state index contributed by atoms with van der Waals surface area (Å²) >= 11 is 1.18. The second-order valence-electron chi connectivity index (χ2n) is 4.75. The molecule has 2 rings (SSSR count). The predicted molar refractivity (Wildman–Crippen MR) is 81.0 cm³/mol. The van der Waals surface area contributed by atoms with Gasteiger partial charge in [-0.2, -0.15) is 4.37 Å². The highest BCUT2D eigenvalue weighted by molar-refractivity contribution is 7.05. The zero-order chi connectivity index (χ0) is 15.2. The summed E-state index contributed by atoms with van der Waals surface area (Å²) in [6.07, 6.45) is 2.11. The van der Waals surface area contributed by atoms with Crippen LogP contribution in [0.5, 0.6) is 5.75 Å². The molecule has 1 unspecified atom stereocenters. The molecule has 0 bridgehead atoms. The van der Waals surface area contributed by atoms with Gasteiger partial charge in [0.05, 0.1) is 7.11 Å². The summed E-state index contributed by atoms with van der Waals surface area (Å²) in [7, 11) is 1.59. The van der Waals surface area contributed by atoms with E-state index in [0.29, 0.717) is 11.4 Å². The topological polar surface area (TPSA) is 72.3 Å². The maximum absolute atomic E-state index is 11.5. The number of ether oxygens (including phenoxy) is 1. The molecule has 0 saturated carbocycles. The molecule has 21 heavy (non-hydrogen) atoms. The number of aryl methyl sites for hydroxylation is 1. The number of benzene rings is 1. The number of hydrogen-bond acceptors (Lipinski definition) is 5. The molecule has 0 aliphatic rings. The first-order valence-electron chi connectivity index (χ1n) is 6.82. The molecule has 0 aliphatic carbocycles. The summed E-state index contributed by atoms with van der Waals surface area (Å²) in [5.74, 6) is -0.0906.